The third-order valence-electron chi connectivity index (χ3n) is 6.32. The van der Waals surface area contributed by atoms with Gasteiger partial charge in [-0.05, 0) is 43.9 Å². The molecule has 2 rings (SSSR count). The molecule has 0 unspecified atom stereocenters. The standard InChI is InChI=1S/C29H42N4O4S/c1-20(2)38-19-33(17-25(34)31-16-23-14-10-9-11-21(23)3)27(36)26(35)24(15-22-12-7-6-8-13-22)32-28(37)29(4,5)18-30/h6-14,20,24,26,35H,15-19,30H2,1-5H3,(H,31,34)(H,32,37)/t24-,26-/m0/s1. The second-order valence-corrected chi connectivity index (χ2v) is 11.9. The molecule has 3 amide bonds. The van der Waals surface area contributed by atoms with Crippen LogP contribution in [-0.2, 0) is 27.3 Å². The lowest BCUT2D eigenvalue weighted by Crippen LogP contribution is -2.56. The molecule has 0 spiro atoms. The van der Waals surface area contributed by atoms with Gasteiger partial charge >= 0.3 is 0 Å². The van der Waals surface area contributed by atoms with Crippen LogP contribution < -0.4 is 16.4 Å². The van der Waals surface area contributed by atoms with Crippen LogP contribution in [0.1, 0.15) is 44.4 Å². The van der Waals surface area contributed by atoms with Gasteiger partial charge in [-0.1, -0.05) is 68.4 Å². The summed E-state index contributed by atoms with van der Waals surface area (Å²) in [5.74, 6) is -1.07. The number of aryl methyl sites for hydroxylation is 1. The monoisotopic (exact) mass is 542 g/mol. The molecule has 0 radical (unpaired) electrons. The van der Waals surface area contributed by atoms with Gasteiger partial charge in [-0.25, -0.2) is 0 Å². The Balaban J connectivity index is 2.21. The number of carbonyl (C=O) groups excluding carboxylic acids is 3. The highest BCUT2D eigenvalue weighted by Gasteiger charge is 2.35. The average molecular weight is 543 g/mol. The summed E-state index contributed by atoms with van der Waals surface area (Å²) in [5.41, 5.74) is 7.81. The number of thioether (sulfide) groups is 1. The number of nitrogens with two attached hydrogens (primary N) is 1. The zero-order chi connectivity index (χ0) is 28.3. The summed E-state index contributed by atoms with van der Waals surface area (Å²) in [6.45, 7) is 9.63. The van der Waals surface area contributed by atoms with Crippen LogP contribution >= 0.6 is 11.8 Å². The highest BCUT2D eigenvalue weighted by Crippen LogP contribution is 2.18. The van der Waals surface area contributed by atoms with E-state index in [1.807, 2.05) is 75.4 Å². The van der Waals surface area contributed by atoms with Crippen molar-refractivity contribution in [2.75, 3.05) is 19.0 Å². The van der Waals surface area contributed by atoms with Crippen molar-refractivity contribution in [3.05, 3.63) is 71.3 Å². The molecule has 0 saturated carbocycles. The van der Waals surface area contributed by atoms with E-state index in [0.29, 0.717) is 6.54 Å². The van der Waals surface area contributed by atoms with Gasteiger partial charge in [0, 0.05) is 18.3 Å². The minimum Gasteiger partial charge on any atom is -0.381 e. The number of benzene rings is 2. The van der Waals surface area contributed by atoms with E-state index in [-0.39, 0.29) is 42.5 Å². The quantitative estimate of drug-likeness (QED) is 0.272. The fourth-order valence-corrected chi connectivity index (χ4v) is 4.28. The van der Waals surface area contributed by atoms with Crippen LogP contribution in [0, 0.1) is 12.3 Å². The highest BCUT2D eigenvalue weighted by molar-refractivity contribution is 7.99. The van der Waals surface area contributed by atoms with Gasteiger partial charge in [0.2, 0.25) is 11.8 Å². The normalized spacial score (nSPS) is 13.1. The number of nitrogens with one attached hydrogen (secondary N) is 2. The zero-order valence-electron chi connectivity index (χ0n) is 23.1. The highest BCUT2D eigenvalue weighted by atomic mass is 32.2. The molecule has 2 aromatic rings. The minimum atomic E-state index is -1.55. The van der Waals surface area contributed by atoms with Crippen molar-refractivity contribution in [3.63, 3.8) is 0 Å². The van der Waals surface area contributed by atoms with E-state index in [1.165, 1.54) is 16.7 Å². The smallest absolute Gasteiger partial charge is 0.254 e. The van der Waals surface area contributed by atoms with Gasteiger partial charge < -0.3 is 26.4 Å². The molecule has 8 nitrogen and oxygen atoms in total. The first-order valence-corrected chi connectivity index (χ1v) is 13.9. The Hall–Kier alpha value is -2.88. The van der Waals surface area contributed by atoms with Gasteiger partial charge in [0.15, 0.2) is 6.10 Å². The SMILES string of the molecule is Cc1ccccc1CNC(=O)CN(CSC(C)C)C(=O)[C@@H](O)[C@H](Cc1ccccc1)NC(=O)C(C)(C)CN. The van der Waals surface area contributed by atoms with Gasteiger partial charge in [-0.3, -0.25) is 14.4 Å². The van der Waals surface area contributed by atoms with Crippen molar-refractivity contribution in [3.8, 4) is 0 Å². The number of hydrogen-bond donors (Lipinski definition) is 4. The van der Waals surface area contributed by atoms with Gasteiger partial charge in [0.1, 0.15) is 6.54 Å². The summed E-state index contributed by atoms with van der Waals surface area (Å²) in [5, 5.41) is 17.2. The van der Waals surface area contributed by atoms with Gasteiger partial charge in [-0.2, -0.15) is 0 Å². The maximum absolute atomic E-state index is 13.6. The summed E-state index contributed by atoms with van der Waals surface area (Å²) < 4.78 is 0. The average Bonchev–Trinajstić information content (AvgIpc) is 2.89. The van der Waals surface area contributed by atoms with Crippen molar-refractivity contribution >= 4 is 29.5 Å². The molecule has 0 aliphatic rings. The third kappa shape index (κ3) is 9.78. The Morgan fingerprint density at radius 3 is 2.29 bits per heavy atom. The van der Waals surface area contributed by atoms with Crippen LogP contribution in [0.2, 0.25) is 0 Å². The third-order valence-corrected chi connectivity index (χ3v) is 7.45. The number of rotatable bonds is 14. The predicted molar refractivity (Wildman–Crippen MR) is 153 cm³/mol. The van der Waals surface area contributed by atoms with E-state index in [9.17, 15) is 19.5 Å². The lowest BCUT2D eigenvalue weighted by atomic mass is 9.91. The molecule has 0 saturated heterocycles. The lowest BCUT2D eigenvalue weighted by Gasteiger charge is -2.32. The zero-order valence-corrected chi connectivity index (χ0v) is 23.9. The summed E-state index contributed by atoms with van der Waals surface area (Å²) >= 11 is 1.49. The van der Waals surface area contributed by atoms with E-state index in [1.54, 1.807) is 13.8 Å². The summed E-state index contributed by atoms with van der Waals surface area (Å²) in [6, 6.07) is 16.2. The Morgan fingerprint density at radius 2 is 1.68 bits per heavy atom. The van der Waals surface area contributed by atoms with Gasteiger partial charge in [0.05, 0.1) is 17.3 Å². The molecule has 0 aliphatic carbocycles. The van der Waals surface area contributed by atoms with E-state index < -0.39 is 23.5 Å². The second-order valence-electron chi connectivity index (χ2n) is 10.4. The largest absolute Gasteiger partial charge is 0.381 e. The molecule has 9 heteroatoms. The molecule has 0 aromatic heterocycles. The Bertz CT molecular complexity index is 1060. The topological polar surface area (TPSA) is 125 Å². The lowest BCUT2D eigenvalue weighted by molar-refractivity contribution is -0.144. The molecule has 0 bridgehead atoms. The first-order chi connectivity index (χ1) is 17.9. The summed E-state index contributed by atoms with van der Waals surface area (Å²) in [4.78, 5) is 40.7. The van der Waals surface area contributed by atoms with Crippen LogP contribution in [-0.4, -0.2) is 64.1 Å². The van der Waals surface area contributed by atoms with Gasteiger partial charge in [-0.15, -0.1) is 11.8 Å². The number of hydrogen-bond acceptors (Lipinski definition) is 6. The van der Waals surface area contributed by atoms with Crippen LogP contribution in [0.25, 0.3) is 0 Å². The summed E-state index contributed by atoms with van der Waals surface area (Å²) in [7, 11) is 0. The molecule has 2 aromatic carbocycles. The molecule has 38 heavy (non-hydrogen) atoms. The van der Waals surface area contributed by atoms with Crippen molar-refractivity contribution in [2.24, 2.45) is 11.1 Å². The van der Waals surface area contributed by atoms with E-state index in [4.69, 9.17) is 5.73 Å². The number of carbonyl (C=O) groups is 3. The molecule has 0 fully saturated rings. The van der Waals surface area contributed by atoms with Crippen molar-refractivity contribution in [1.82, 2.24) is 15.5 Å². The fourth-order valence-electron chi connectivity index (χ4n) is 3.58. The number of amides is 3. The van der Waals surface area contributed by atoms with E-state index >= 15 is 0 Å². The van der Waals surface area contributed by atoms with Crippen LogP contribution in [0.5, 0.6) is 0 Å². The van der Waals surface area contributed by atoms with Gasteiger partial charge in [0.25, 0.3) is 5.91 Å². The molecular formula is C29H42N4O4S. The Morgan fingerprint density at radius 1 is 1.05 bits per heavy atom. The minimum absolute atomic E-state index is 0.110. The van der Waals surface area contributed by atoms with Crippen molar-refractivity contribution < 1.29 is 19.5 Å². The Labute approximate surface area is 230 Å². The summed E-state index contributed by atoms with van der Waals surface area (Å²) in [6.07, 6.45) is -1.31. The van der Waals surface area contributed by atoms with E-state index in [2.05, 4.69) is 10.6 Å². The van der Waals surface area contributed by atoms with Crippen molar-refractivity contribution in [1.29, 1.82) is 0 Å². The first kappa shape index (κ1) is 31.3. The Kier molecular flexibility index (Phi) is 12.3. The fraction of sp³-hybridized carbons (Fsp3) is 0.483. The van der Waals surface area contributed by atoms with Crippen LogP contribution in [0.4, 0.5) is 0 Å². The maximum Gasteiger partial charge on any atom is 0.254 e. The molecule has 208 valence electrons. The number of nitrogens with zero attached hydrogens (tertiary/aromatic N) is 1. The maximum atomic E-state index is 13.6. The van der Waals surface area contributed by atoms with Crippen LogP contribution in [0.3, 0.4) is 0 Å². The predicted octanol–water partition coefficient (Wildman–Crippen LogP) is 2.61. The molecular weight excluding hydrogens is 500 g/mol. The molecule has 0 aliphatic heterocycles. The number of aliphatic hydroxyl groups excluding tert-OH is 1. The molecule has 0 heterocycles. The van der Waals surface area contributed by atoms with Crippen molar-refractivity contribution in [2.45, 2.75) is 65.0 Å². The first-order valence-electron chi connectivity index (χ1n) is 12.9. The number of aliphatic hydroxyl groups is 1. The van der Waals surface area contributed by atoms with E-state index in [0.717, 1.165) is 16.7 Å². The second kappa shape index (κ2) is 14.9. The molecule has 5 N–H and O–H groups in total. The molecule has 2 atom stereocenters. The van der Waals surface area contributed by atoms with Crippen LogP contribution in [0.15, 0.2) is 54.6 Å².